The Morgan fingerprint density at radius 1 is 1.40 bits per heavy atom. The third-order valence-corrected chi connectivity index (χ3v) is 5.73. The highest BCUT2D eigenvalue weighted by Crippen LogP contribution is 2.30. The highest BCUT2D eigenvalue weighted by Gasteiger charge is 2.35. The molecule has 1 fully saturated rings. The van der Waals surface area contributed by atoms with Crippen LogP contribution in [0.4, 0.5) is 0 Å². The van der Waals surface area contributed by atoms with Crippen molar-refractivity contribution in [2.45, 2.75) is 59.2 Å². The molecule has 1 aromatic heterocycles. The molecule has 0 spiro atoms. The second-order valence-corrected chi connectivity index (χ2v) is 9.46. The molecule has 1 aromatic rings. The molecule has 0 radical (unpaired) electrons. The number of rotatable bonds is 4. The zero-order valence-corrected chi connectivity index (χ0v) is 15.5. The van der Waals surface area contributed by atoms with E-state index in [2.05, 4.69) is 66.0 Å². The third kappa shape index (κ3) is 4.30. The monoisotopic (exact) mass is 358 g/mol. The van der Waals surface area contributed by atoms with Gasteiger partial charge in [-0.1, -0.05) is 34.1 Å². The smallest absolute Gasteiger partial charge is 0.0701 e. The molecule has 0 aliphatic carbocycles. The Kier molecular flexibility index (Phi) is 5.69. The molecule has 2 heterocycles. The standard InChI is InChI=1S/C16H27BrN2S/c1-5-6-12-10-19(11-13-7-8-15(17)20-13)14(9-18-12)16(2,3)4/h7-8,12,14,18H,5-6,9-11H2,1-4H3. The van der Waals surface area contributed by atoms with E-state index in [4.69, 9.17) is 0 Å². The summed E-state index contributed by atoms with van der Waals surface area (Å²) in [4.78, 5) is 4.15. The van der Waals surface area contributed by atoms with Crippen LogP contribution in [0.1, 0.15) is 45.4 Å². The van der Waals surface area contributed by atoms with Gasteiger partial charge in [-0.15, -0.1) is 11.3 Å². The van der Waals surface area contributed by atoms with Crippen molar-refractivity contribution in [3.8, 4) is 0 Å². The van der Waals surface area contributed by atoms with E-state index in [1.165, 1.54) is 28.0 Å². The van der Waals surface area contributed by atoms with E-state index in [0.717, 1.165) is 13.1 Å². The molecule has 114 valence electrons. The lowest BCUT2D eigenvalue weighted by Crippen LogP contribution is -2.60. The van der Waals surface area contributed by atoms with E-state index in [-0.39, 0.29) is 0 Å². The first-order valence-corrected chi connectivity index (χ1v) is 9.22. The van der Waals surface area contributed by atoms with Crippen LogP contribution in [-0.2, 0) is 6.54 Å². The minimum absolute atomic E-state index is 0.318. The Labute approximate surface area is 136 Å². The normalized spacial score (nSPS) is 25.1. The van der Waals surface area contributed by atoms with E-state index >= 15 is 0 Å². The number of piperazine rings is 1. The lowest BCUT2D eigenvalue weighted by atomic mass is 9.83. The number of halogens is 1. The molecule has 2 nitrogen and oxygen atoms in total. The highest BCUT2D eigenvalue weighted by atomic mass is 79.9. The predicted molar refractivity (Wildman–Crippen MR) is 92.4 cm³/mol. The second kappa shape index (κ2) is 6.91. The molecule has 2 unspecified atom stereocenters. The van der Waals surface area contributed by atoms with Crippen molar-refractivity contribution in [2.75, 3.05) is 13.1 Å². The number of nitrogens with one attached hydrogen (secondary N) is 1. The maximum atomic E-state index is 3.75. The first-order valence-electron chi connectivity index (χ1n) is 7.61. The molecule has 2 rings (SSSR count). The maximum absolute atomic E-state index is 3.75. The van der Waals surface area contributed by atoms with Gasteiger partial charge in [0.05, 0.1) is 3.79 Å². The Morgan fingerprint density at radius 2 is 2.15 bits per heavy atom. The molecule has 1 saturated heterocycles. The number of nitrogens with zero attached hydrogens (tertiary/aromatic N) is 1. The van der Waals surface area contributed by atoms with Gasteiger partial charge in [-0.05, 0) is 39.9 Å². The fourth-order valence-corrected chi connectivity index (χ4v) is 4.60. The number of thiophene rings is 1. The molecule has 0 bridgehead atoms. The zero-order valence-electron chi connectivity index (χ0n) is 13.1. The number of hydrogen-bond acceptors (Lipinski definition) is 3. The van der Waals surface area contributed by atoms with Crippen LogP contribution in [0.25, 0.3) is 0 Å². The Hall–Kier alpha value is 0.1000. The lowest BCUT2D eigenvalue weighted by molar-refractivity contribution is 0.0482. The first-order chi connectivity index (χ1) is 9.40. The van der Waals surface area contributed by atoms with Crippen molar-refractivity contribution in [1.82, 2.24) is 10.2 Å². The minimum Gasteiger partial charge on any atom is -0.311 e. The molecular weight excluding hydrogens is 332 g/mol. The average Bonchev–Trinajstić information content (AvgIpc) is 2.74. The van der Waals surface area contributed by atoms with Crippen LogP contribution >= 0.6 is 27.3 Å². The fraction of sp³-hybridized carbons (Fsp3) is 0.750. The van der Waals surface area contributed by atoms with Crippen LogP contribution in [0.3, 0.4) is 0 Å². The highest BCUT2D eigenvalue weighted by molar-refractivity contribution is 9.11. The molecular formula is C16H27BrN2S. The summed E-state index contributed by atoms with van der Waals surface area (Å²) in [5.41, 5.74) is 0.318. The van der Waals surface area contributed by atoms with Gasteiger partial charge in [0.1, 0.15) is 0 Å². The van der Waals surface area contributed by atoms with Crippen molar-refractivity contribution in [2.24, 2.45) is 5.41 Å². The molecule has 0 amide bonds. The molecule has 1 N–H and O–H groups in total. The molecule has 0 aromatic carbocycles. The SMILES string of the molecule is CCCC1CN(Cc2ccc(Br)s2)C(C(C)(C)C)CN1. The van der Waals surface area contributed by atoms with Gasteiger partial charge in [0.15, 0.2) is 0 Å². The largest absolute Gasteiger partial charge is 0.311 e. The Balaban J connectivity index is 2.09. The van der Waals surface area contributed by atoms with Gasteiger partial charge in [-0.25, -0.2) is 0 Å². The molecule has 20 heavy (non-hydrogen) atoms. The summed E-state index contributed by atoms with van der Waals surface area (Å²) in [5, 5.41) is 3.75. The summed E-state index contributed by atoms with van der Waals surface area (Å²) in [7, 11) is 0. The van der Waals surface area contributed by atoms with Gasteiger partial charge in [-0.2, -0.15) is 0 Å². The number of hydrogen-bond donors (Lipinski definition) is 1. The summed E-state index contributed by atoms with van der Waals surface area (Å²) < 4.78 is 1.24. The van der Waals surface area contributed by atoms with Gasteiger partial charge in [0, 0.05) is 36.6 Å². The summed E-state index contributed by atoms with van der Waals surface area (Å²) in [5.74, 6) is 0. The summed E-state index contributed by atoms with van der Waals surface area (Å²) in [6, 6.07) is 5.68. The van der Waals surface area contributed by atoms with E-state index in [0.29, 0.717) is 17.5 Å². The van der Waals surface area contributed by atoms with Gasteiger partial charge >= 0.3 is 0 Å². The molecule has 4 heteroatoms. The summed E-state index contributed by atoms with van der Waals surface area (Å²) in [6.07, 6.45) is 2.54. The summed E-state index contributed by atoms with van der Waals surface area (Å²) in [6.45, 7) is 12.7. The van der Waals surface area contributed by atoms with Crippen LogP contribution in [-0.4, -0.2) is 30.1 Å². The predicted octanol–water partition coefficient (Wildman–Crippen LogP) is 4.50. The van der Waals surface area contributed by atoms with Crippen LogP contribution in [0.5, 0.6) is 0 Å². The Morgan fingerprint density at radius 3 is 2.70 bits per heavy atom. The van der Waals surface area contributed by atoms with Crippen molar-refractivity contribution < 1.29 is 0 Å². The van der Waals surface area contributed by atoms with Crippen molar-refractivity contribution in [1.29, 1.82) is 0 Å². The molecule has 1 aliphatic rings. The van der Waals surface area contributed by atoms with Crippen LogP contribution in [0.2, 0.25) is 0 Å². The van der Waals surface area contributed by atoms with Gasteiger partial charge in [0.25, 0.3) is 0 Å². The van der Waals surface area contributed by atoms with E-state index in [1.807, 2.05) is 11.3 Å². The average molecular weight is 359 g/mol. The maximum Gasteiger partial charge on any atom is 0.0701 e. The van der Waals surface area contributed by atoms with Crippen LogP contribution in [0.15, 0.2) is 15.9 Å². The fourth-order valence-electron chi connectivity index (χ4n) is 3.09. The lowest BCUT2D eigenvalue weighted by Gasteiger charge is -2.46. The quantitative estimate of drug-likeness (QED) is 0.852. The van der Waals surface area contributed by atoms with E-state index in [1.54, 1.807) is 0 Å². The minimum atomic E-state index is 0.318. The van der Waals surface area contributed by atoms with Crippen LogP contribution in [0, 0.1) is 5.41 Å². The second-order valence-electron chi connectivity index (χ2n) is 6.91. The molecule has 0 saturated carbocycles. The van der Waals surface area contributed by atoms with Crippen molar-refractivity contribution in [3.05, 3.63) is 20.8 Å². The van der Waals surface area contributed by atoms with Gasteiger partial charge in [0.2, 0.25) is 0 Å². The van der Waals surface area contributed by atoms with E-state index in [9.17, 15) is 0 Å². The third-order valence-electron chi connectivity index (χ3n) is 4.12. The van der Waals surface area contributed by atoms with Crippen LogP contribution < -0.4 is 5.32 Å². The van der Waals surface area contributed by atoms with E-state index < -0.39 is 0 Å². The van der Waals surface area contributed by atoms with Crippen molar-refractivity contribution in [3.63, 3.8) is 0 Å². The zero-order chi connectivity index (χ0) is 14.8. The topological polar surface area (TPSA) is 15.3 Å². The first kappa shape index (κ1) is 16.5. The van der Waals surface area contributed by atoms with Crippen molar-refractivity contribution >= 4 is 27.3 Å². The Bertz CT molecular complexity index is 424. The molecule has 2 atom stereocenters. The molecule has 1 aliphatic heterocycles. The van der Waals surface area contributed by atoms with Gasteiger partial charge in [-0.3, -0.25) is 4.90 Å². The van der Waals surface area contributed by atoms with Gasteiger partial charge < -0.3 is 5.32 Å². The summed E-state index contributed by atoms with van der Waals surface area (Å²) >= 11 is 5.44.